The van der Waals surface area contributed by atoms with E-state index in [-0.39, 0.29) is 0 Å². The number of nitriles is 1. The highest BCUT2D eigenvalue weighted by Crippen LogP contribution is 2.22. The van der Waals surface area contributed by atoms with Gasteiger partial charge in [0.05, 0.1) is 22.5 Å². The van der Waals surface area contributed by atoms with Gasteiger partial charge in [0.25, 0.3) is 0 Å². The number of pyridine rings is 1. The van der Waals surface area contributed by atoms with Crippen molar-refractivity contribution in [1.82, 2.24) is 4.98 Å². The van der Waals surface area contributed by atoms with Gasteiger partial charge in [-0.3, -0.25) is 4.72 Å². The van der Waals surface area contributed by atoms with Gasteiger partial charge < -0.3 is 5.32 Å². The molecule has 0 saturated carbocycles. The second kappa shape index (κ2) is 6.64. The van der Waals surface area contributed by atoms with Gasteiger partial charge in [-0.2, -0.15) is 5.26 Å². The molecule has 0 fully saturated rings. The number of nitrogens with zero attached hydrogens (tertiary/aromatic N) is 2. The predicted molar refractivity (Wildman–Crippen MR) is 86.2 cm³/mol. The van der Waals surface area contributed by atoms with E-state index in [0.29, 0.717) is 28.6 Å². The standard InChI is InChI=1S/C14H13ClN4O2S/c1-22(20,21)19-13-5-3-2-4-11(13)9-18-14-12(15)6-10(7-16)8-17-14/h2-6,8,19H,9H2,1H3,(H,17,18). The normalized spacial score (nSPS) is 10.8. The summed E-state index contributed by atoms with van der Waals surface area (Å²) in [5, 5.41) is 12.1. The molecule has 1 aromatic carbocycles. The van der Waals surface area contributed by atoms with Crippen LogP contribution in [-0.2, 0) is 16.6 Å². The lowest BCUT2D eigenvalue weighted by atomic mass is 10.2. The molecule has 22 heavy (non-hydrogen) atoms. The molecular weight excluding hydrogens is 324 g/mol. The molecule has 0 atom stereocenters. The number of aromatic nitrogens is 1. The van der Waals surface area contributed by atoms with Gasteiger partial charge >= 0.3 is 0 Å². The SMILES string of the molecule is CS(=O)(=O)Nc1ccccc1CNc1ncc(C#N)cc1Cl. The molecular formula is C14H13ClN4O2S. The number of rotatable bonds is 5. The molecule has 2 aromatic rings. The average molecular weight is 337 g/mol. The number of halogens is 1. The predicted octanol–water partition coefficient (Wildman–Crippen LogP) is 2.59. The zero-order chi connectivity index (χ0) is 16.2. The van der Waals surface area contributed by atoms with Crippen LogP contribution < -0.4 is 10.0 Å². The van der Waals surface area contributed by atoms with Crippen LogP contribution in [0.5, 0.6) is 0 Å². The third-order valence-corrected chi connectivity index (χ3v) is 3.61. The maximum Gasteiger partial charge on any atom is 0.229 e. The molecule has 0 saturated heterocycles. The molecule has 0 aliphatic carbocycles. The minimum Gasteiger partial charge on any atom is -0.365 e. The van der Waals surface area contributed by atoms with Crippen LogP contribution in [0.2, 0.25) is 5.02 Å². The summed E-state index contributed by atoms with van der Waals surface area (Å²) in [6, 6.07) is 10.5. The first kappa shape index (κ1) is 16.1. The number of sulfonamides is 1. The Bertz CT molecular complexity index is 831. The Labute approximate surface area is 133 Å². The van der Waals surface area contributed by atoms with E-state index in [1.807, 2.05) is 6.07 Å². The zero-order valence-corrected chi connectivity index (χ0v) is 13.2. The summed E-state index contributed by atoms with van der Waals surface area (Å²) in [4.78, 5) is 4.06. The molecule has 0 radical (unpaired) electrons. The van der Waals surface area contributed by atoms with Crippen LogP contribution >= 0.6 is 11.6 Å². The summed E-state index contributed by atoms with van der Waals surface area (Å²) in [7, 11) is -3.36. The Morgan fingerprint density at radius 1 is 1.36 bits per heavy atom. The second-order valence-corrected chi connectivity index (χ2v) is 6.71. The molecule has 114 valence electrons. The first-order valence-corrected chi connectivity index (χ1v) is 8.51. The van der Waals surface area contributed by atoms with Gasteiger partial charge in [0.1, 0.15) is 11.9 Å². The van der Waals surface area contributed by atoms with Crippen molar-refractivity contribution in [3.05, 3.63) is 52.7 Å². The molecule has 1 aromatic heterocycles. The minimum absolute atomic E-state index is 0.326. The van der Waals surface area contributed by atoms with Crippen molar-refractivity contribution < 1.29 is 8.42 Å². The lowest BCUT2D eigenvalue weighted by molar-refractivity contribution is 0.606. The van der Waals surface area contributed by atoms with Crippen LogP contribution in [0, 0.1) is 11.3 Å². The Hall–Kier alpha value is -2.30. The van der Waals surface area contributed by atoms with Crippen LogP contribution in [0.1, 0.15) is 11.1 Å². The largest absolute Gasteiger partial charge is 0.365 e. The van der Waals surface area contributed by atoms with Crippen molar-refractivity contribution in [2.24, 2.45) is 0 Å². The summed E-state index contributed by atoms with van der Waals surface area (Å²) >= 11 is 6.03. The number of hydrogen-bond donors (Lipinski definition) is 2. The van der Waals surface area contributed by atoms with Crippen LogP contribution in [-0.4, -0.2) is 19.7 Å². The van der Waals surface area contributed by atoms with Gasteiger partial charge in [-0.1, -0.05) is 29.8 Å². The van der Waals surface area contributed by atoms with E-state index in [1.165, 1.54) is 12.3 Å². The maximum atomic E-state index is 11.4. The third-order valence-electron chi connectivity index (χ3n) is 2.73. The van der Waals surface area contributed by atoms with Gasteiger partial charge in [-0.15, -0.1) is 0 Å². The first-order valence-electron chi connectivity index (χ1n) is 6.24. The number of benzene rings is 1. The molecule has 0 unspecified atom stereocenters. The fourth-order valence-corrected chi connectivity index (χ4v) is 2.61. The molecule has 6 nitrogen and oxygen atoms in total. The molecule has 8 heteroatoms. The smallest absolute Gasteiger partial charge is 0.229 e. The van der Waals surface area contributed by atoms with E-state index >= 15 is 0 Å². The number of hydrogen-bond acceptors (Lipinski definition) is 5. The number of para-hydroxylation sites is 1. The molecule has 1 heterocycles. The lowest BCUT2D eigenvalue weighted by Crippen LogP contribution is -2.12. The highest BCUT2D eigenvalue weighted by molar-refractivity contribution is 7.92. The third kappa shape index (κ3) is 4.35. The van der Waals surface area contributed by atoms with E-state index in [4.69, 9.17) is 16.9 Å². The van der Waals surface area contributed by atoms with Crippen molar-refractivity contribution in [2.75, 3.05) is 16.3 Å². The monoisotopic (exact) mass is 336 g/mol. The molecule has 0 aliphatic rings. The van der Waals surface area contributed by atoms with E-state index in [0.717, 1.165) is 11.8 Å². The van der Waals surface area contributed by atoms with E-state index in [2.05, 4.69) is 15.0 Å². The van der Waals surface area contributed by atoms with Crippen molar-refractivity contribution in [2.45, 2.75) is 6.54 Å². The average Bonchev–Trinajstić information content (AvgIpc) is 2.45. The summed E-state index contributed by atoms with van der Waals surface area (Å²) in [6.45, 7) is 0.331. The van der Waals surface area contributed by atoms with Crippen molar-refractivity contribution >= 4 is 33.1 Å². The summed E-state index contributed by atoms with van der Waals surface area (Å²) in [5.41, 5.74) is 1.60. The highest BCUT2D eigenvalue weighted by Gasteiger charge is 2.08. The molecule has 0 aliphatic heterocycles. The Kier molecular flexibility index (Phi) is 4.85. The van der Waals surface area contributed by atoms with Gasteiger partial charge in [-0.05, 0) is 17.7 Å². The van der Waals surface area contributed by atoms with Crippen molar-refractivity contribution in [1.29, 1.82) is 5.26 Å². The van der Waals surface area contributed by atoms with Crippen LogP contribution in [0.4, 0.5) is 11.5 Å². The number of nitrogens with one attached hydrogen (secondary N) is 2. The maximum absolute atomic E-state index is 11.4. The highest BCUT2D eigenvalue weighted by atomic mass is 35.5. The van der Waals surface area contributed by atoms with Crippen LogP contribution in [0.25, 0.3) is 0 Å². The van der Waals surface area contributed by atoms with Gasteiger partial charge in [0.15, 0.2) is 0 Å². The first-order chi connectivity index (χ1) is 10.4. The van der Waals surface area contributed by atoms with Crippen LogP contribution in [0.15, 0.2) is 36.5 Å². The summed E-state index contributed by atoms with van der Waals surface area (Å²) in [6.07, 6.45) is 2.51. The molecule has 2 rings (SSSR count). The molecule has 0 spiro atoms. The minimum atomic E-state index is -3.36. The quantitative estimate of drug-likeness (QED) is 0.875. The van der Waals surface area contributed by atoms with Crippen molar-refractivity contribution in [3.8, 4) is 6.07 Å². The molecule has 0 bridgehead atoms. The fourth-order valence-electron chi connectivity index (χ4n) is 1.78. The van der Waals surface area contributed by atoms with E-state index < -0.39 is 10.0 Å². The van der Waals surface area contributed by atoms with Gasteiger partial charge in [0, 0.05) is 12.7 Å². The Morgan fingerprint density at radius 2 is 2.09 bits per heavy atom. The summed E-state index contributed by atoms with van der Waals surface area (Å²) < 4.78 is 25.2. The Balaban J connectivity index is 2.17. The van der Waals surface area contributed by atoms with Gasteiger partial charge in [0.2, 0.25) is 10.0 Å². The molecule has 2 N–H and O–H groups in total. The lowest BCUT2D eigenvalue weighted by Gasteiger charge is -2.12. The van der Waals surface area contributed by atoms with E-state index in [1.54, 1.807) is 24.3 Å². The summed E-state index contributed by atoms with van der Waals surface area (Å²) in [5.74, 6) is 0.426. The Morgan fingerprint density at radius 3 is 2.73 bits per heavy atom. The molecule has 0 amide bonds. The number of anilines is 2. The second-order valence-electron chi connectivity index (χ2n) is 4.55. The van der Waals surface area contributed by atoms with E-state index in [9.17, 15) is 8.42 Å². The fraction of sp³-hybridized carbons (Fsp3) is 0.143. The van der Waals surface area contributed by atoms with Gasteiger partial charge in [-0.25, -0.2) is 13.4 Å². The van der Waals surface area contributed by atoms with Crippen molar-refractivity contribution in [3.63, 3.8) is 0 Å². The zero-order valence-electron chi connectivity index (χ0n) is 11.7. The van der Waals surface area contributed by atoms with Crippen LogP contribution in [0.3, 0.4) is 0 Å². The topological polar surface area (TPSA) is 94.9 Å².